The average Bonchev–Trinajstić information content (AvgIpc) is 2.70. The maximum Gasteiger partial charge on any atom is 0.274 e. The van der Waals surface area contributed by atoms with Crippen LogP contribution < -0.4 is 5.32 Å². The van der Waals surface area contributed by atoms with Gasteiger partial charge in [0.1, 0.15) is 0 Å². The van der Waals surface area contributed by atoms with Gasteiger partial charge in [0, 0.05) is 19.6 Å². The van der Waals surface area contributed by atoms with Gasteiger partial charge in [-0.2, -0.15) is 0 Å². The Morgan fingerprint density at radius 2 is 2.22 bits per heavy atom. The van der Waals surface area contributed by atoms with Crippen LogP contribution in [0.5, 0.6) is 0 Å². The van der Waals surface area contributed by atoms with E-state index in [2.05, 4.69) is 5.32 Å². The van der Waals surface area contributed by atoms with E-state index in [0.717, 1.165) is 18.3 Å². The monoisotopic (exact) mass is 255 g/mol. The highest BCUT2D eigenvalue weighted by atomic mass is 19.2. The molecule has 1 heterocycles. The van der Waals surface area contributed by atoms with Crippen LogP contribution in [0.2, 0.25) is 0 Å². The van der Waals surface area contributed by atoms with Crippen molar-refractivity contribution in [2.75, 3.05) is 13.1 Å². The van der Waals surface area contributed by atoms with Gasteiger partial charge in [0.2, 0.25) is 0 Å². The van der Waals surface area contributed by atoms with Gasteiger partial charge in [0.05, 0.1) is 4.92 Å². The van der Waals surface area contributed by atoms with Crippen molar-refractivity contribution in [1.82, 2.24) is 10.2 Å². The summed E-state index contributed by atoms with van der Waals surface area (Å²) >= 11 is 0. The van der Waals surface area contributed by atoms with Crippen molar-refractivity contribution in [2.24, 2.45) is 0 Å². The molecule has 1 saturated heterocycles. The molecular formula is C11H11F2N3O2. The molecule has 0 atom stereocenters. The maximum atomic E-state index is 13.0. The first-order valence-corrected chi connectivity index (χ1v) is 5.34. The molecule has 0 spiro atoms. The fourth-order valence-electron chi connectivity index (χ4n) is 1.80. The van der Waals surface area contributed by atoms with Crippen molar-refractivity contribution in [2.45, 2.75) is 6.54 Å². The Labute approximate surface area is 102 Å². The highest BCUT2D eigenvalue weighted by Crippen LogP contribution is 2.15. The van der Waals surface area contributed by atoms with Crippen LogP contribution in [0.3, 0.4) is 0 Å². The molecule has 2 rings (SSSR count). The first kappa shape index (κ1) is 12.3. The number of nitrogens with one attached hydrogen (secondary N) is 1. The number of benzene rings is 1. The molecule has 0 bridgehead atoms. The standard InChI is InChI=1S/C11H11F2N3O2/c12-9-2-1-8(5-10(9)13)6-15-4-3-14-11(15)7-16(17)18/h1-2,5,7,14H,3-4,6H2/b11-7+. The van der Waals surface area contributed by atoms with Crippen molar-refractivity contribution in [1.29, 1.82) is 0 Å². The molecule has 0 unspecified atom stereocenters. The van der Waals surface area contributed by atoms with Crippen molar-refractivity contribution < 1.29 is 13.7 Å². The molecule has 0 aliphatic carbocycles. The van der Waals surface area contributed by atoms with E-state index in [1.807, 2.05) is 0 Å². The van der Waals surface area contributed by atoms with E-state index < -0.39 is 16.6 Å². The predicted octanol–water partition coefficient (Wildman–Crippen LogP) is 1.45. The summed E-state index contributed by atoms with van der Waals surface area (Å²) in [7, 11) is 0. The second kappa shape index (κ2) is 4.99. The molecular weight excluding hydrogens is 244 g/mol. The van der Waals surface area contributed by atoms with Crippen LogP contribution in [0.1, 0.15) is 5.56 Å². The first-order valence-electron chi connectivity index (χ1n) is 5.34. The second-order valence-electron chi connectivity index (χ2n) is 3.90. The summed E-state index contributed by atoms with van der Waals surface area (Å²) < 4.78 is 25.8. The van der Waals surface area contributed by atoms with E-state index in [1.165, 1.54) is 6.07 Å². The van der Waals surface area contributed by atoms with Crippen LogP contribution >= 0.6 is 0 Å². The van der Waals surface area contributed by atoms with E-state index in [-0.39, 0.29) is 0 Å². The number of nitrogens with zero attached hydrogens (tertiary/aromatic N) is 2. The zero-order valence-electron chi connectivity index (χ0n) is 9.40. The molecule has 0 radical (unpaired) electrons. The maximum absolute atomic E-state index is 13.0. The summed E-state index contributed by atoms with van der Waals surface area (Å²) in [5.74, 6) is -1.44. The van der Waals surface area contributed by atoms with Crippen molar-refractivity contribution in [3.05, 3.63) is 57.5 Å². The minimum atomic E-state index is -0.917. The van der Waals surface area contributed by atoms with Gasteiger partial charge in [-0.25, -0.2) is 8.78 Å². The lowest BCUT2D eigenvalue weighted by Gasteiger charge is -2.17. The zero-order valence-corrected chi connectivity index (χ0v) is 9.40. The summed E-state index contributed by atoms with van der Waals surface area (Å²) in [5, 5.41) is 13.3. The van der Waals surface area contributed by atoms with Gasteiger partial charge in [-0.15, -0.1) is 0 Å². The molecule has 1 N–H and O–H groups in total. The topological polar surface area (TPSA) is 58.4 Å². The van der Waals surface area contributed by atoms with E-state index in [0.29, 0.717) is 31.0 Å². The summed E-state index contributed by atoms with van der Waals surface area (Å²) in [6.45, 7) is 1.46. The Balaban J connectivity index is 2.13. The van der Waals surface area contributed by atoms with Crippen LogP contribution in [0.4, 0.5) is 8.78 Å². The normalized spacial score (nSPS) is 17.0. The van der Waals surface area contributed by atoms with Gasteiger partial charge < -0.3 is 10.2 Å². The molecule has 7 heteroatoms. The van der Waals surface area contributed by atoms with Crippen LogP contribution in [0, 0.1) is 21.7 Å². The Bertz CT molecular complexity index is 505. The molecule has 0 amide bonds. The van der Waals surface area contributed by atoms with Crippen LogP contribution in [-0.4, -0.2) is 22.9 Å². The molecule has 1 aromatic rings. The van der Waals surface area contributed by atoms with Gasteiger partial charge in [0.25, 0.3) is 6.20 Å². The van der Waals surface area contributed by atoms with Crippen LogP contribution in [0.25, 0.3) is 0 Å². The number of halogens is 2. The molecule has 96 valence electrons. The molecule has 1 aliphatic rings. The van der Waals surface area contributed by atoms with Crippen LogP contribution in [-0.2, 0) is 6.54 Å². The van der Waals surface area contributed by atoms with Crippen molar-refractivity contribution in [3.8, 4) is 0 Å². The Kier molecular flexibility index (Phi) is 3.40. The largest absolute Gasteiger partial charge is 0.365 e. The summed E-state index contributed by atoms with van der Waals surface area (Å²) in [4.78, 5) is 11.6. The quantitative estimate of drug-likeness (QED) is 0.656. The fraction of sp³-hybridized carbons (Fsp3) is 0.273. The number of nitro groups is 1. The second-order valence-corrected chi connectivity index (χ2v) is 3.90. The van der Waals surface area contributed by atoms with Crippen molar-refractivity contribution >= 4 is 0 Å². The number of hydrogen-bond donors (Lipinski definition) is 1. The predicted molar refractivity (Wildman–Crippen MR) is 59.8 cm³/mol. The smallest absolute Gasteiger partial charge is 0.274 e. The van der Waals surface area contributed by atoms with E-state index in [4.69, 9.17) is 0 Å². The zero-order chi connectivity index (χ0) is 13.1. The highest BCUT2D eigenvalue weighted by Gasteiger charge is 2.19. The Hall–Kier alpha value is -2.18. The summed E-state index contributed by atoms with van der Waals surface area (Å²) in [5.41, 5.74) is 0.562. The minimum absolute atomic E-state index is 0.296. The molecule has 5 nitrogen and oxygen atoms in total. The highest BCUT2D eigenvalue weighted by molar-refractivity contribution is 5.19. The molecule has 0 aromatic heterocycles. The fourth-order valence-corrected chi connectivity index (χ4v) is 1.80. The van der Waals surface area contributed by atoms with Crippen LogP contribution in [0.15, 0.2) is 30.2 Å². The van der Waals surface area contributed by atoms with Gasteiger partial charge in [-0.1, -0.05) is 6.07 Å². The van der Waals surface area contributed by atoms with Gasteiger partial charge in [-0.3, -0.25) is 10.1 Å². The van der Waals surface area contributed by atoms with Crippen molar-refractivity contribution in [3.63, 3.8) is 0 Å². The third-order valence-electron chi connectivity index (χ3n) is 2.61. The molecule has 1 aromatic carbocycles. The van der Waals surface area contributed by atoms with Gasteiger partial charge in [0.15, 0.2) is 17.5 Å². The Morgan fingerprint density at radius 1 is 1.44 bits per heavy atom. The first-order chi connectivity index (χ1) is 8.56. The lowest BCUT2D eigenvalue weighted by Crippen LogP contribution is -2.20. The van der Waals surface area contributed by atoms with Gasteiger partial charge in [-0.05, 0) is 17.7 Å². The third-order valence-corrected chi connectivity index (χ3v) is 2.61. The Morgan fingerprint density at radius 3 is 2.89 bits per heavy atom. The van der Waals surface area contributed by atoms with Gasteiger partial charge >= 0.3 is 0 Å². The molecule has 1 fully saturated rings. The SMILES string of the molecule is O=[N+]([O-])/C=C1\NCCN1Cc1ccc(F)c(F)c1. The summed E-state index contributed by atoms with van der Waals surface area (Å²) in [6, 6.07) is 3.60. The number of hydrogen-bond acceptors (Lipinski definition) is 4. The number of rotatable bonds is 3. The van der Waals surface area contributed by atoms with E-state index in [1.54, 1.807) is 4.90 Å². The third kappa shape index (κ3) is 2.73. The lowest BCUT2D eigenvalue weighted by molar-refractivity contribution is -0.404. The minimum Gasteiger partial charge on any atom is -0.365 e. The lowest BCUT2D eigenvalue weighted by atomic mass is 10.2. The van der Waals surface area contributed by atoms with E-state index in [9.17, 15) is 18.9 Å². The molecule has 0 saturated carbocycles. The summed E-state index contributed by atoms with van der Waals surface area (Å²) in [6.07, 6.45) is 0.868. The molecule has 18 heavy (non-hydrogen) atoms. The van der Waals surface area contributed by atoms with E-state index >= 15 is 0 Å². The average molecular weight is 255 g/mol. The molecule has 1 aliphatic heterocycles.